The Kier molecular flexibility index (Phi) is 2.73. The Balaban J connectivity index is 2.95. The molecule has 1 rings (SSSR count). The van der Waals surface area contributed by atoms with Crippen molar-refractivity contribution >= 4 is 12.2 Å². The van der Waals surface area contributed by atoms with E-state index >= 15 is 0 Å². The standard InChI is InChI=1S/C10H12O/c1-3-5-9-7-8-11-10(9)6-4-2/h3-8H,1-2H3/b5-3+,6-4-. The smallest absolute Gasteiger partial charge is 0.133 e. The lowest BCUT2D eigenvalue weighted by atomic mass is 10.2. The first-order valence-electron chi connectivity index (χ1n) is 3.71. The van der Waals surface area contributed by atoms with E-state index in [1.165, 1.54) is 0 Å². The molecule has 0 bridgehead atoms. The van der Waals surface area contributed by atoms with Crippen molar-refractivity contribution in [3.63, 3.8) is 0 Å². The topological polar surface area (TPSA) is 13.1 Å². The van der Waals surface area contributed by atoms with Gasteiger partial charge in [0.15, 0.2) is 0 Å². The zero-order chi connectivity index (χ0) is 8.10. The minimum Gasteiger partial charge on any atom is -0.464 e. The van der Waals surface area contributed by atoms with Crippen molar-refractivity contribution in [3.05, 3.63) is 35.8 Å². The van der Waals surface area contributed by atoms with Crippen molar-refractivity contribution in [1.29, 1.82) is 0 Å². The predicted octanol–water partition coefficient (Wildman–Crippen LogP) is 3.35. The number of hydrogen-bond donors (Lipinski definition) is 0. The monoisotopic (exact) mass is 148 g/mol. The van der Waals surface area contributed by atoms with Crippen LogP contribution < -0.4 is 0 Å². The van der Waals surface area contributed by atoms with Crippen LogP contribution in [0.25, 0.3) is 12.2 Å². The Hall–Kier alpha value is -1.24. The van der Waals surface area contributed by atoms with E-state index < -0.39 is 0 Å². The molecule has 0 aromatic carbocycles. The molecular weight excluding hydrogens is 136 g/mol. The van der Waals surface area contributed by atoms with Gasteiger partial charge in [-0.1, -0.05) is 18.2 Å². The second-order valence-electron chi connectivity index (χ2n) is 2.24. The fourth-order valence-corrected chi connectivity index (χ4v) is 0.935. The van der Waals surface area contributed by atoms with Gasteiger partial charge in [0.05, 0.1) is 6.26 Å². The molecule has 1 heteroatoms. The summed E-state index contributed by atoms with van der Waals surface area (Å²) < 4.78 is 5.22. The van der Waals surface area contributed by atoms with Gasteiger partial charge in [0.1, 0.15) is 5.76 Å². The molecule has 1 aromatic heterocycles. The van der Waals surface area contributed by atoms with Gasteiger partial charge in [0.25, 0.3) is 0 Å². The molecule has 0 saturated heterocycles. The van der Waals surface area contributed by atoms with Gasteiger partial charge in [-0.3, -0.25) is 0 Å². The third-order valence-electron chi connectivity index (χ3n) is 1.39. The predicted molar refractivity (Wildman–Crippen MR) is 48.1 cm³/mol. The normalized spacial score (nSPS) is 11.8. The SMILES string of the molecule is C/C=C\c1occc1/C=C/C. The molecule has 0 N–H and O–H groups in total. The lowest BCUT2D eigenvalue weighted by Crippen LogP contribution is -1.68. The molecule has 0 saturated carbocycles. The third-order valence-corrected chi connectivity index (χ3v) is 1.39. The summed E-state index contributed by atoms with van der Waals surface area (Å²) in [5.41, 5.74) is 1.13. The Morgan fingerprint density at radius 2 is 1.91 bits per heavy atom. The molecular formula is C10H12O. The Morgan fingerprint density at radius 1 is 1.18 bits per heavy atom. The van der Waals surface area contributed by atoms with E-state index in [4.69, 9.17) is 4.42 Å². The van der Waals surface area contributed by atoms with Crippen molar-refractivity contribution in [3.8, 4) is 0 Å². The molecule has 0 aliphatic rings. The van der Waals surface area contributed by atoms with Crippen LogP contribution in [-0.4, -0.2) is 0 Å². The summed E-state index contributed by atoms with van der Waals surface area (Å²) in [6.07, 6.45) is 9.64. The van der Waals surface area contributed by atoms with Crippen LogP contribution in [0.4, 0.5) is 0 Å². The molecule has 0 fully saturated rings. The molecule has 0 amide bonds. The zero-order valence-electron chi connectivity index (χ0n) is 6.87. The molecule has 1 heterocycles. The van der Waals surface area contributed by atoms with Gasteiger partial charge in [-0.05, 0) is 26.0 Å². The molecule has 1 nitrogen and oxygen atoms in total. The molecule has 0 unspecified atom stereocenters. The van der Waals surface area contributed by atoms with Gasteiger partial charge >= 0.3 is 0 Å². The molecule has 0 aliphatic carbocycles. The van der Waals surface area contributed by atoms with Crippen LogP contribution in [0.3, 0.4) is 0 Å². The highest BCUT2D eigenvalue weighted by Crippen LogP contribution is 2.13. The minimum absolute atomic E-state index is 0.922. The molecule has 0 radical (unpaired) electrons. The van der Waals surface area contributed by atoms with Crippen LogP contribution in [-0.2, 0) is 0 Å². The Morgan fingerprint density at radius 3 is 2.55 bits per heavy atom. The van der Waals surface area contributed by atoms with Crippen molar-refractivity contribution in [1.82, 2.24) is 0 Å². The summed E-state index contributed by atoms with van der Waals surface area (Å²) >= 11 is 0. The maximum atomic E-state index is 5.22. The van der Waals surface area contributed by atoms with Crippen LogP contribution >= 0.6 is 0 Å². The van der Waals surface area contributed by atoms with Crippen LogP contribution in [0.1, 0.15) is 25.2 Å². The summed E-state index contributed by atoms with van der Waals surface area (Å²) in [4.78, 5) is 0. The average Bonchev–Trinajstić information content (AvgIpc) is 2.39. The highest BCUT2D eigenvalue weighted by molar-refractivity contribution is 5.60. The third kappa shape index (κ3) is 1.84. The molecule has 58 valence electrons. The summed E-state index contributed by atoms with van der Waals surface area (Å²) in [5.74, 6) is 0.922. The van der Waals surface area contributed by atoms with Crippen LogP contribution in [0.5, 0.6) is 0 Å². The first-order valence-corrected chi connectivity index (χ1v) is 3.71. The van der Waals surface area contributed by atoms with Crippen molar-refractivity contribution in [2.45, 2.75) is 13.8 Å². The van der Waals surface area contributed by atoms with Crippen molar-refractivity contribution in [2.75, 3.05) is 0 Å². The van der Waals surface area contributed by atoms with Gasteiger partial charge in [-0.15, -0.1) is 0 Å². The minimum atomic E-state index is 0.922. The van der Waals surface area contributed by atoms with E-state index in [1.807, 2.05) is 44.2 Å². The first kappa shape index (κ1) is 7.86. The van der Waals surface area contributed by atoms with Gasteiger partial charge in [-0.2, -0.15) is 0 Å². The molecule has 0 spiro atoms. The highest BCUT2D eigenvalue weighted by Gasteiger charge is 1.96. The molecule has 11 heavy (non-hydrogen) atoms. The van der Waals surface area contributed by atoms with Gasteiger partial charge in [-0.25, -0.2) is 0 Å². The quantitative estimate of drug-likeness (QED) is 0.626. The van der Waals surface area contributed by atoms with E-state index in [9.17, 15) is 0 Å². The Labute approximate surface area is 67.0 Å². The average molecular weight is 148 g/mol. The van der Waals surface area contributed by atoms with E-state index in [2.05, 4.69) is 0 Å². The van der Waals surface area contributed by atoms with E-state index in [-0.39, 0.29) is 0 Å². The largest absolute Gasteiger partial charge is 0.464 e. The molecule has 1 aromatic rings. The van der Waals surface area contributed by atoms with Crippen LogP contribution in [0.2, 0.25) is 0 Å². The fourth-order valence-electron chi connectivity index (χ4n) is 0.935. The van der Waals surface area contributed by atoms with E-state index in [1.54, 1.807) is 6.26 Å². The van der Waals surface area contributed by atoms with Crippen LogP contribution in [0, 0.1) is 0 Å². The summed E-state index contributed by atoms with van der Waals surface area (Å²) in [7, 11) is 0. The number of rotatable bonds is 2. The van der Waals surface area contributed by atoms with E-state index in [0.29, 0.717) is 0 Å². The van der Waals surface area contributed by atoms with Crippen molar-refractivity contribution < 1.29 is 4.42 Å². The van der Waals surface area contributed by atoms with Crippen molar-refractivity contribution in [2.24, 2.45) is 0 Å². The number of hydrogen-bond acceptors (Lipinski definition) is 1. The lowest BCUT2D eigenvalue weighted by Gasteiger charge is -1.87. The maximum Gasteiger partial charge on any atom is 0.133 e. The van der Waals surface area contributed by atoms with Gasteiger partial charge in [0.2, 0.25) is 0 Å². The van der Waals surface area contributed by atoms with Gasteiger partial charge in [0, 0.05) is 5.56 Å². The first-order chi connectivity index (χ1) is 5.38. The second-order valence-corrected chi connectivity index (χ2v) is 2.24. The number of allylic oxidation sites excluding steroid dienone is 2. The van der Waals surface area contributed by atoms with E-state index in [0.717, 1.165) is 11.3 Å². The molecule has 0 atom stereocenters. The number of furan rings is 1. The summed E-state index contributed by atoms with van der Waals surface area (Å²) in [6.45, 7) is 3.97. The summed E-state index contributed by atoms with van der Waals surface area (Å²) in [5, 5.41) is 0. The molecule has 0 aliphatic heterocycles. The van der Waals surface area contributed by atoms with Gasteiger partial charge < -0.3 is 4.42 Å². The maximum absolute atomic E-state index is 5.22. The summed E-state index contributed by atoms with van der Waals surface area (Å²) in [6, 6.07) is 1.95. The Bertz CT molecular complexity index is 240. The van der Waals surface area contributed by atoms with Crippen LogP contribution in [0.15, 0.2) is 28.9 Å². The fraction of sp³-hybridized carbons (Fsp3) is 0.200. The lowest BCUT2D eigenvalue weighted by molar-refractivity contribution is 0.556. The zero-order valence-corrected chi connectivity index (χ0v) is 6.87. The highest BCUT2D eigenvalue weighted by atomic mass is 16.3. The second kappa shape index (κ2) is 3.81.